The van der Waals surface area contributed by atoms with Crippen LogP contribution in [0.4, 0.5) is 18.9 Å². The van der Waals surface area contributed by atoms with E-state index >= 15 is 0 Å². The van der Waals surface area contributed by atoms with E-state index in [-0.39, 0.29) is 35.5 Å². The molecule has 2 aromatic rings. The minimum Gasteiger partial charge on any atom is -0.466 e. The Kier molecular flexibility index (Phi) is 6.33. The maximum Gasteiger partial charge on any atom is 0.416 e. The Hall–Kier alpha value is -3.69. The number of benzene rings is 2. The summed E-state index contributed by atoms with van der Waals surface area (Å²) in [5.74, 6) is -2.11. The number of amides is 1. The van der Waals surface area contributed by atoms with Crippen molar-refractivity contribution in [2.75, 3.05) is 7.11 Å². The SMILES string of the molecule is COC(=O)C1=C(C)N(Cc2cccc([N+](=O)[O-])c2)C(=O)CC1c1cccc(C(F)(F)F)c1. The number of nitrogens with zero attached hydrogens (tertiary/aromatic N) is 2. The lowest BCUT2D eigenvalue weighted by atomic mass is 9.83. The topological polar surface area (TPSA) is 89.8 Å². The molecule has 7 nitrogen and oxygen atoms in total. The molecular formula is C22H19F3N2O5. The molecule has 1 amide bonds. The van der Waals surface area contributed by atoms with Gasteiger partial charge in [-0.1, -0.05) is 30.3 Å². The molecule has 2 aromatic carbocycles. The summed E-state index contributed by atoms with van der Waals surface area (Å²) in [5.41, 5.74) is -0.109. The quantitative estimate of drug-likeness (QED) is 0.380. The van der Waals surface area contributed by atoms with E-state index < -0.39 is 34.5 Å². The molecule has 168 valence electrons. The molecule has 1 atom stereocenters. The summed E-state index contributed by atoms with van der Waals surface area (Å²) in [6, 6.07) is 10.2. The molecule has 0 spiro atoms. The molecule has 1 unspecified atom stereocenters. The number of esters is 1. The van der Waals surface area contributed by atoms with Gasteiger partial charge in [-0.2, -0.15) is 13.2 Å². The molecule has 10 heteroatoms. The number of hydrogen-bond acceptors (Lipinski definition) is 5. The highest BCUT2D eigenvalue weighted by Crippen LogP contribution is 2.39. The van der Waals surface area contributed by atoms with Gasteiger partial charge in [0.25, 0.3) is 5.69 Å². The molecule has 0 saturated carbocycles. The van der Waals surface area contributed by atoms with Gasteiger partial charge in [0.05, 0.1) is 29.7 Å². The lowest BCUT2D eigenvalue weighted by Gasteiger charge is -2.34. The van der Waals surface area contributed by atoms with E-state index in [1.807, 2.05) is 0 Å². The number of rotatable bonds is 5. The first-order valence-electron chi connectivity index (χ1n) is 9.53. The Balaban J connectivity index is 2.04. The highest BCUT2D eigenvalue weighted by molar-refractivity contribution is 5.95. The third-order valence-electron chi connectivity index (χ3n) is 5.31. The van der Waals surface area contributed by atoms with Crippen LogP contribution in [0.1, 0.15) is 36.0 Å². The first-order chi connectivity index (χ1) is 15.0. The second kappa shape index (κ2) is 8.81. The van der Waals surface area contributed by atoms with Crippen molar-refractivity contribution < 1.29 is 32.4 Å². The molecular weight excluding hydrogens is 429 g/mol. The van der Waals surface area contributed by atoms with Gasteiger partial charge in [0.1, 0.15) is 0 Å². The molecule has 0 fully saturated rings. The van der Waals surface area contributed by atoms with E-state index in [0.717, 1.165) is 19.2 Å². The van der Waals surface area contributed by atoms with Crippen LogP contribution in [0.3, 0.4) is 0 Å². The largest absolute Gasteiger partial charge is 0.466 e. The van der Waals surface area contributed by atoms with Gasteiger partial charge in [-0.05, 0) is 24.1 Å². The highest BCUT2D eigenvalue weighted by Gasteiger charge is 2.38. The lowest BCUT2D eigenvalue weighted by molar-refractivity contribution is -0.384. The molecule has 1 heterocycles. The van der Waals surface area contributed by atoms with Crippen LogP contribution in [0.2, 0.25) is 0 Å². The third kappa shape index (κ3) is 4.63. The minimum atomic E-state index is -4.58. The van der Waals surface area contributed by atoms with E-state index in [2.05, 4.69) is 0 Å². The molecule has 3 rings (SSSR count). The van der Waals surface area contributed by atoms with Crippen molar-refractivity contribution in [1.29, 1.82) is 0 Å². The number of carbonyl (C=O) groups is 2. The minimum absolute atomic E-state index is 0.0395. The molecule has 32 heavy (non-hydrogen) atoms. The van der Waals surface area contributed by atoms with E-state index in [4.69, 9.17) is 4.74 Å². The Morgan fingerprint density at radius 2 is 1.91 bits per heavy atom. The first kappa shape index (κ1) is 23.0. The van der Waals surface area contributed by atoms with Crippen LogP contribution in [0.25, 0.3) is 0 Å². The molecule has 0 bridgehead atoms. The Morgan fingerprint density at radius 3 is 2.53 bits per heavy atom. The third-order valence-corrected chi connectivity index (χ3v) is 5.31. The van der Waals surface area contributed by atoms with E-state index in [1.54, 1.807) is 6.07 Å². The number of allylic oxidation sites excluding steroid dienone is 1. The normalized spacial score (nSPS) is 16.8. The smallest absolute Gasteiger partial charge is 0.416 e. The number of alkyl halides is 3. The van der Waals surface area contributed by atoms with E-state index in [9.17, 15) is 32.9 Å². The molecule has 1 aliphatic heterocycles. The van der Waals surface area contributed by atoms with Crippen molar-refractivity contribution in [3.05, 3.63) is 86.6 Å². The van der Waals surface area contributed by atoms with Gasteiger partial charge in [0.15, 0.2) is 0 Å². The molecule has 1 aliphatic rings. The van der Waals surface area contributed by atoms with Crippen molar-refractivity contribution in [3.8, 4) is 0 Å². The summed E-state index contributed by atoms with van der Waals surface area (Å²) in [5, 5.41) is 11.0. The molecule has 0 N–H and O–H groups in total. The monoisotopic (exact) mass is 448 g/mol. The number of non-ortho nitro benzene ring substituents is 1. The van der Waals surface area contributed by atoms with Gasteiger partial charge in [-0.15, -0.1) is 0 Å². The van der Waals surface area contributed by atoms with Crippen molar-refractivity contribution in [2.24, 2.45) is 0 Å². The summed E-state index contributed by atoms with van der Waals surface area (Å²) >= 11 is 0. The zero-order valence-corrected chi connectivity index (χ0v) is 17.2. The number of methoxy groups -OCH3 is 1. The summed E-state index contributed by atoms with van der Waals surface area (Å²) in [4.78, 5) is 37.2. The van der Waals surface area contributed by atoms with Crippen molar-refractivity contribution in [3.63, 3.8) is 0 Å². The fourth-order valence-electron chi connectivity index (χ4n) is 3.75. The standard InChI is InChI=1S/C22H19F3N2O5/c1-13-20(21(29)32-2)18(15-6-4-7-16(10-15)22(23,24)25)11-19(28)26(13)12-14-5-3-8-17(9-14)27(30)31/h3-10,18H,11-12H2,1-2H3. The number of nitro benzene ring substituents is 1. The lowest BCUT2D eigenvalue weighted by Crippen LogP contribution is -2.38. The number of ether oxygens (including phenoxy) is 1. The van der Waals surface area contributed by atoms with Crippen molar-refractivity contribution in [1.82, 2.24) is 4.90 Å². The van der Waals surface area contributed by atoms with Gasteiger partial charge >= 0.3 is 12.1 Å². The number of nitro groups is 1. The number of hydrogen-bond donors (Lipinski definition) is 0. The second-order valence-electron chi connectivity index (χ2n) is 7.28. The molecule has 0 aromatic heterocycles. The maximum absolute atomic E-state index is 13.2. The van der Waals surface area contributed by atoms with Crippen molar-refractivity contribution in [2.45, 2.75) is 32.0 Å². The second-order valence-corrected chi connectivity index (χ2v) is 7.28. The van der Waals surface area contributed by atoms with Crippen LogP contribution >= 0.6 is 0 Å². The van der Waals surface area contributed by atoms with Crippen LogP contribution in [0, 0.1) is 10.1 Å². The first-order valence-corrected chi connectivity index (χ1v) is 9.53. The predicted molar refractivity (Wildman–Crippen MR) is 107 cm³/mol. The van der Waals surface area contributed by atoms with Gasteiger partial charge in [0.2, 0.25) is 5.91 Å². The van der Waals surface area contributed by atoms with E-state index in [1.165, 1.54) is 42.2 Å². The van der Waals surface area contributed by atoms with Crippen LogP contribution < -0.4 is 0 Å². The average Bonchev–Trinajstić information content (AvgIpc) is 2.75. The Morgan fingerprint density at radius 1 is 1.22 bits per heavy atom. The van der Waals surface area contributed by atoms with Gasteiger partial charge in [-0.25, -0.2) is 4.79 Å². The Bertz CT molecular complexity index is 1110. The van der Waals surface area contributed by atoms with Crippen LogP contribution in [-0.2, 0) is 27.0 Å². The van der Waals surface area contributed by atoms with Gasteiger partial charge < -0.3 is 9.64 Å². The fourth-order valence-corrected chi connectivity index (χ4v) is 3.75. The Labute approximate surface area is 181 Å². The van der Waals surface area contributed by atoms with Gasteiger partial charge in [0, 0.05) is 30.2 Å². The predicted octanol–water partition coefficient (Wildman–Crippen LogP) is 4.58. The van der Waals surface area contributed by atoms with Crippen LogP contribution in [-0.4, -0.2) is 28.8 Å². The summed E-state index contributed by atoms with van der Waals surface area (Å²) < 4.78 is 44.4. The summed E-state index contributed by atoms with van der Waals surface area (Å²) in [6.07, 6.45) is -4.83. The molecule has 0 radical (unpaired) electrons. The summed E-state index contributed by atoms with van der Waals surface area (Å²) in [6.45, 7) is 1.46. The highest BCUT2D eigenvalue weighted by atomic mass is 19.4. The number of halogens is 3. The van der Waals surface area contributed by atoms with Crippen LogP contribution in [0.15, 0.2) is 59.8 Å². The average molecular weight is 448 g/mol. The van der Waals surface area contributed by atoms with Crippen LogP contribution in [0.5, 0.6) is 0 Å². The number of carbonyl (C=O) groups excluding carboxylic acids is 2. The van der Waals surface area contributed by atoms with Gasteiger partial charge in [-0.3, -0.25) is 14.9 Å². The zero-order valence-electron chi connectivity index (χ0n) is 17.2. The zero-order chi connectivity index (χ0) is 23.6. The van der Waals surface area contributed by atoms with E-state index in [0.29, 0.717) is 5.56 Å². The maximum atomic E-state index is 13.2. The molecule has 0 aliphatic carbocycles. The summed E-state index contributed by atoms with van der Waals surface area (Å²) in [7, 11) is 1.15. The fraction of sp³-hybridized carbons (Fsp3) is 0.273. The van der Waals surface area contributed by atoms with Crippen molar-refractivity contribution >= 4 is 17.6 Å². The molecule has 0 saturated heterocycles.